The van der Waals surface area contributed by atoms with Crippen molar-refractivity contribution in [3.05, 3.63) is 55.0 Å². The van der Waals surface area contributed by atoms with E-state index in [4.69, 9.17) is 0 Å². The molecule has 3 aromatic rings. The molecule has 25 heavy (non-hydrogen) atoms. The molecule has 0 aliphatic carbocycles. The van der Waals surface area contributed by atoms with Crippen molar-refractivity contribution in [1.29, 1.82) is 0 Å². The number of hydrogen-bond acceptors (Lipinski definition) is 5. The van der Waals surface area contributed by atoms with Gasteiger partial charge in [-0.3, -0.25) is 9.78 Å². The van der Waals surface area contributed by atoms with E-state index in [1.807, 2.05) is 36.4 Å². The van der Waals surface area contributed by atoms with Gasteiger partial charge in [-0.2, -0.15) is 0 Å². The second-order valence-corrected chi connectivity index (χ2v) is 7.63. The lowest BCUT2D eigenvalue weighted by atomic mass is 10.1. The van der Waals surface area contributed by atoms with Crippen LogP contribution in [0.25, 0.3) is 11.3 Å². The zero-order valence-corrected chi connectivity index (χ0v) is 15.0. The summed E-state index contributed by atoms with van der Waals surface area (Å²) in [6.07, 6.45) is 5.52. The van der Waals surface area contributed by atoms with Gasteiger partial charge >= 0.3 is 0 Å². The number of aryl methyl sites for hydroxylation is 1. The van der Waals surface area contributed by atoms with Crippen molar-refractivity contribution in [2.45, 2.75) is 16.6 Å². The first-order chi connectivity index (χ1) is 12.3. The zero-order chi connectivity index (χ0) is 17.1. The SMILES string of the molecule is O=C(CSc1ccncc1)Nc1ccccc1-c1cn2c(n1)SCC2. The van der Waals surface area contributed by atoms with Crippen molar-refractivity contribution in [3.8, 4) is 11.3 Å². The van der Waals surface area contributed by atoms with Crippen LogP contribution in [0.5, 0.6) is 0 Å². The smallest absolute Gasteiger partial charge is 0.234 e. The molecule has 0 saturated heterocycles. The molecule has 0 unspecified atom stereocenters. The Balaban J connectivity index is 1.48. The minimum Gasteiger partial charge on any atom is -0.325 e. The first-order valence-electron chi connectivity index (χ1n) is 7.91. The van der Waals surface area contributed by atoms with Gasteiger partial charge < -0.3 is 9.88 Å². The molecule has 1 amide bonds. The maximum Gasteiger partial charge on any atom is 0.234 e. The fourth-order valence-corrected chi connectivity index (χ4v) is 4.25. The number of rotatable bonds is 5. The lowest BCUT2D eigenvalue weighted by Gasteiger charge is -2.09. The maximum atomic E-state index is 12.3. The van der Waals surface area contributed by atoms with E-state index in [0.29, 0.717) is 5.75 Å². The van der Waals surface area contributed by atoms with Crippen LogP contribution in [0.3, 0.4) is 0 Å². The number of amides is 1. The molecule has 2 aromatic heterocycles. The van der Waals surface area contributed by atoms with E-state index >= 15 is 0 Å². The minimum atomic E-state index is -0.0320. The number of benzene rings is 1. The molecule has 0 atom stereocenters. The average molecular weight is 368 g/mol. The van der Waals surface area contributed by atoms with Crippen molar-refractivity contribution in [1.82, 2.24) is 14.5 Å². The van der Waals surface area contributed by atoms with Crippen LogP contribution in [0.15, 0.2) is 65.0 Å². The summed E-state index contributed by atoms with van der Waals surface area (Å²) in [5.74, 6) is 1.40. The highest BCUT2D eigenvalue weighted by Gasteiger charge is 2.17. The third-order valence-corrected chi connectivity index (χ3v) is 5.78. The number of carbonyl (C=O) groups is 1. The second kappa shape index (κ2) is 7.33. The molecule has 0 saturated carbocycles. The summed E-state index contributed by atoms with van der Waals surface area (Å²) in [5.41, 5.74) is 2.65. The molecule has 0 spiro atoms. The van der Waals surface area contributed by atoms with Gasteiger partial charge in [-0.05, 0) is 18.2 Å². The number of fused-ring (bicyclic) bond motifs is 1. The summed E-state index contributed by atoms with van der Waals surface area (Å²) in [5, 5.41) is 4.06. The fraction of sp³-hybridized carbons (Fsp3) is 0.167. The molecule has 1 aliphatic heterocycles. The van der Waals surface area contributed by atoms with Gasteiger partial charge in [0.1, 0.15) is 0 Å². The van der Waals surface area contributed by atoms with E-state index in [0.717, 1.165) is 39.3 Å². The number of anilines is 1. The van der Waals surface area contributed by atoms with E-state index < -0.39 is 0 Å². The number of imidazole rings is 1. The Morgan fingerprint density at radius 2 is 2.08 bits per heavy atom. The summed E-state index contributed by atoms with van der Waals surface area (Å²) < 4.78 is 2.16. The molecule has 0 fully saturated rings. The number of para-hydroxylation sites is 1. The topological polar surface area (TPSA) is 59.8 Å². The molecule has 126 valence electrons. The van der Waals surface area contributed by atoms with Gasteiger partial charge in [0.25, 0.3) is 0 Å². The molecule has 1 aliphatic rings. The van der Waals surface area contributed by atoms with Gasteiger partial charge in [-0.25, -0.2) is 4.98 Å². The van der Waals surface area contributed by atoms with Crippen LogP contribution in [-0.2, 0) is 11.3 Å². The van der Waals surface area contributed by atoms with Gasteiger partial charge in [-0.1, -0.05) is 30.0 Å². The van der Waals surface area contributed by atoms with Gasteiger partial charge in [0.15, 0.2) is 5.16 Å². The second-order valence-electron chi connectivity index (χ2n) is 5.52. The monoisotopic (exact) mass is 368 g/mol. The summed E-state index contributed by atoms with van der Waals surface area (Å²) in [6.45, 7) is 0.990. The van der Waals surface area contributed by atoms with Gasteiger partial charge in [0.05, 0.1) is 17.1 Å². The molecule has 4 rings (SSSR count). The molecule has 0 bridgehead atoms. The van der Waals surface area contributed by atoms with Gasteiger partial charge in [0, 0.05) is 41.3 Å². The first kappa shape index (κ1) is 16.2. The number of nitrogens with zero attached hydrogens (tertiary/aromatic N) is 3. The van der Waals surface area contributed by atoms with Crippen LogP contribution in [-0.4, -0.2) is 31.9 Å². The van der Waals surface area contributed by atoms with Gasteiger partial charge in [-0.15, -0.1) is 11.8 Å². The molecule has 7 heteroatoms. The Morgan fingerprint density at radius 1 is 1.24 bits per heavy atom. The van der Waals surface area contributed by atoms with E-state index in [1.165, 1.54) is 11.8 Å². The van der Waals surface area contributed by atoms with E-state index in [2.05, 4.69) is 26.0 Å². The van der Waals surface area contributed by atoms with Crippen LogP contribution in [0.1, 0.15) is 0 Å². The van der Waals surface area contributed by atoms with Crippen molar-refractivity contribution < 1.29 is 4.79 Å². The Bertz CT molecular complexity index is 874. The molecular weight excluding hydrogens is 352 g/mol. The Hall–Kier alpha value is -2.25. The molecule has 1 N–H and O–H groups in total. The quantitative estimate of drug-likeness (QED) is 0.695. The Kier molecular flexibility index (Phi) is 4.76. The number of aromatic nitrogens is 3. The number of thioether (sulfide) groups is 2. The number of carbonyl (C=O) groups excluding carboxylic acids is 1. The van der Waals surface area contributed by atoms with E-state index in [-0.39, 0.29) is 5.91 Å². The van der Waals surface area contributed by atoms with Gasteiger partial charge in [0.2, 0.25) is 5.91 Å². The highest BCUT2D eigenvalue weighted by Crippen LogP contribution is 2.32. The molecule has 0 radical (unpaired) electrons. The zero-order valence-electron chi connectivity index (χ0n) is 13.4. The van der Waals surface area contributed by atoms with Crippen LogP contribution in [0.2, 0.25) is 0 Å². The van der Waals surface area contributed by atoms with Crippen molar-refractivity contribution in [3.63, 3.8) is 0 Å². The summed E-state index contributed by atoms with van der Waals surface area (Å²) in [6, 6.07) is 11.6. The molecule has 5 nitrogen and oxygen atoms in total. The third-order valence-electron chi connectivity index (χ3n) is 3.80. The lowest BCUT2D eigenvalue weighted by Crippen LogP contribution is -2.14. The van der Waals surface area contributed by atoms with Crippen LogP contribution >= 0.6 is 23.5 Å². The van der Waals surface area contributed by atoms with E-state index in [9.17, 15) is 4.79 Å². The highest BCUT2D eigenvalue weighted by molar-refractivity contribution is 8.00. The fourth-order valence-electron chi connectivity index (χ4n) is 2.62. The summed E-state index contributed by atoms with van der Waals surface area (Å²) in [7, 11) is 0. The minimum absolute atomic E-state index is 0.0320. The summed E-state index contributed by atoms with van der Waals surface area (Å²) in [4.78, 5) is 22.0. The molecular formula is C18H16N4OS2. The molecule has 3 heterocycles. The predicted octanol–water partition coefficient (Wildman–Crippen LogP) is 3.78. The van der Waals surface area contributed by atoms with Crippen molar-refractivity contribution in [2.24, 2.45) is 0 Å². The maximum absolute atomic E-state index is 12.3. The molecule has 1 aromatic carbocycles. The van der Waals surface area contributed by atoms with Crippen LogP contribution < -0.4 is 5.32 Å². The normalized spacial score (nSPS) is 12.8. The van der Waals surface area contributed by atoms with Crippen LogP contribution in [0, 0.1) is 0 Å². The Morgan fingerprint density at radius 3 is 2.92 bits per heavy atom. The number of pyridine rings is 1. The predicted molar refractivity (Wildman–Crippen MR) is 102 cm³/mol. The van der Waals surface area contributed by atoms with Crippen molar-refractivity contribution in [2.75, 3.05) is 16.8 Å². The highest BCUT2D eigenvalue weighted by atomic mass is 32.2. The van der Waals surface area contributed by atoms with Crippen molar-refractivity contribution >= 4 is 35.1 Å². The first-order valence-corrected chi connectivity index (χ1v) is 9.89. The Labute approximate surface area is 154 Å². The van der Waals surface area contributed by atoms with Crippen LogP contribution in [0.4, 0.5) is 5.69 Å². The third kappa shape index (κ3) is 3.72. The largest absolute Gasteiger partial charge is 0.325 e. The summed E-state index contributed by atoms with van der Waals surface area (Å²) >= 11 is 3.26. The number of nitrogens with one attached hydrogen (secondary N) is 1. The lowest BCUT2D eigenvalue weighted by molar-refractivity contribution is -0.113. The van der Waals surface area contributed by atoms with E-state index in [1.54, 1.807) is 24.2 Å². The standard InChI is InChI=1S/C18H16N4OS2/c23-17(12-25-13-5-7-19-8-6-13)20-15-4-2-1-3-14(15)16-11-22-9-10-24-18(22)21-16/h1-8,11H,9-10,12H2,(H,20,23). The average Bonchev–Trinajstić information content (AvgIpc) is 3.23. The number of hydrogen-bond donors (Lipinski definition) is 1.